The van der Waals surface area contributed by atoms with Gasteiger partial charge in [0.05, 0.1) is 12.5 Å². The standard InChI is InChI=1S/C8H10O3/c9-4-7-5-2-1-3-6(5)8(10)11-7/h1-2,5-7,9H,3-4H2/t5-,6+,7-/m0/s1. The molecular weight excluding hydrogens is 144 g/mol. The second-order valence-corrected chi connectivity index (χ2v) is 3.01. The molecule has 0 amide bonds. The Bertz CT molecular complexity index is 209. The number of rotatable bonds is 1. The van der Waals surface area contributed by atoms with Gasteiger partial charge in [-0.15, -0.1) is 0 Å². The highest BCUT2D eigenvalue weighted by Crippen LogP contribution is 2.36. The molecule has 11 heavy (non-hydrogen) atoms. The number of cyclic esters (lactones) is 1. The van der Waals surface area contributed by atoms with Crippen LogP contribution in [-0.2, 0) is 9.53 Å². The van der Waals surface area contributed by atoms with Gasteiger partial charge in [0, 0.05) is 5.92 Å². The Morgan fingerprint density at radius 3 is 3.27 bits per heavy atom. The number of fused-ring (bicyclic) bond motifs is 1. The predicted molar refractivity (Wildman–Crippen MR) is 37.7 cm³/mol. The molecule has 0 aromatic carbocycles. The molecule has 0 bridgehead atoms. The number of aliphatic hydroxyl groups is 1. The maximum atomic E-state index is 11.1. The minimum atomic E-state index is -0.286. The number of aliphatic hydroxyl groups excluding tert-OH is 1. The average Bonchev–Trinajstić information content (AvgIpc) is 2.54. The molecule has 2 aliphatic rings. The van der Waals surface area contributed by atoms with E-state index in [0.29, 0.717) is 0 Å². The van der Waals surface area contributed by atoms with Crippen molar-refractivity contribution in [2.75, 3.05) is 6.61 Å². The number of allylic oxidation sites excluding steroid dienone is 1. The van der Waals surface area contributed by atoms with Crippen molar-refractivity contribution in [3.05, 3.63) is 12.2 Å². The van der Waals surface area contributed by atoms with E-state index in [0.717, 1.165) is 6.42 Å². The van der Waals surface area contributed by atoms with Crippen molar-refractivity contribution < 1.29 is 14.6 Å². The molecule has 1 saturated heterocycles. The Morgan fingerprint density at radius 2 is 2.55 bits per heavy atom. The maximum absolute atomic E-state index is 11.1. The number of ether oxygens (including phenoxy) is 1. The number of carbonyl (C=O) groups is 1. The van der Waals surface area contributed by atoms with Crippen LogP contribution in [0.4, 0.5) is 0 Å². The molecule has 1 aliphatic carbocycles. The first kappa shape index (κ1) is 6.85. The lowest BCUT2D eigenvalue weighted by atomic mass is 9.94. The van der Waals surface area contributed by atoms with Gasteiger partial charge in [-0.05, 0) is 6.42 Å². The highest BCUT2D eigenvalue weighted by Gasteiger charge is 2.44. The summed E-state index contributed by atoms with van der Waals surface area (Å²) >= 11 is 0. The van der Waals surface area contributed by atoms with Crippen LogP contribution in [0, 0.1) is 11.8 Å². The molecule has 1 fully saturated rings. The predicted octanol–water partition coefficient (Wildman–Crippen LogP) is 0.0964. The molecule has 3 heteroatoms. The summed E-state index contributed by atoms with van der Waals surface area (Å²) in [5.41, 5.74) is 0. The molecule has 0 aromatic heterocycles. The van der Waals surface area contributed by atoms with E-state index in [2.05, 4.69) is 0 Å². The third-order valence-electron chi connectivity index (χ3n) is 2.39. The Labute approximate surface area is 64.7 Å². The van der Waals surface area contributed by atoms with E-state index in [1.54, 1.807) is 0 Å². The largest absolute Gasteiger partial charge is 0.459 e. The van der Waals surface area contributed by atoms with Crippen molar-refractivity contribution in [3.8, 4) is 0 Å². The third kappa shape index (κ3) is 0.878. The minimum absolute atomic E-state index is 0.00727. The van der Waals surface area contributed by atoms with Crippen LogP contribution in [0.2, 0.25) is 0 Å². The van der Waals surface area contributed by atoms with E-state index in [1.807, 2.05) is 12.2 Å². The van der Waals surface area contributed by atoms with E-state index in [4.69, 9.17) is 9.84 Å². The van der Waals surface area contributed by atoms with Crippen molar-refractivity contribution in [3.63, 3.8) is 0 Å². The lowest BCUT2D eigenvalue weighted by Gasteiger charge is -2.09. The Morgan fingerprint density at radius 1 is 1.73 bits per heavy atom. The zero-order chi connectivity index (χ0) is 7.84. The molecule has 1 N–H and O–H groups in total. The van der Waals surface area contributed by atoms with Gasteiger partial charge in [0.1, 0.15) is 6.10 Å². The van der Waals surface area contributed by atoms with Crippen molar-refractivity contribution in [2.24, 2.45) is 11.8 Å². The topological polar surface area (TPSA) is 46.5 Å². The molecule has 0 saturated carbocycles. The van der Waals surface area contributed by atoms with Crippen LogP contribution in [0.1, 0.15) is 6.42 Å². The van der Waals surface area contributed by atoms with Gasteiger partial charge >= 0.3 is 5.97 Å². The van der Waals surface area contributed by atoms with Crippen LogP contribution in [0.3, 0.4) is 0 Å². The first-order chi connectivity index (χ1) is 5.33. The summed E-state index contributed by atoms with van der Waals surface area (Å²) in [6.45, 7) is -0.0583. The smallest absolute Gasteiger partial charge is 0.310 e. The fraction of sp³-hybridized carbons (Fsp3) is 0.625. The summed E-state index contributed by atoms with van der Waals surface area (Å²) in [6, 6.07) is 0. The Kier molecular flexibility index (Phi) is 1.46. The summed E-state index contributed by atoms with van der Waals surface area (Å²) in [7, 11) is 0. The molecular formula is C8H10O3. The van der Waals surface area contributed by atoms with E-state index in [1.165, 1.54) is 0 Å². The van der Waals surface area contributed by atoms with Gasteiger partial charge in [0.2, 0.25) is 0 Å². The van der Waals surface area contributed by atoms with Crippen LogP contribution in [0.5, 0.6) is 0 Å². The van der Waals surface area contributed by atoms with E-state index >= 15 is 0 Å². The molecule has 3 nitrogen and oxygen atoms in total. The van der Waals surface area contributed by atoms with E-state index < -0.39 is 0 Å². The minimum Gasteiger partial charge on any atom is -0.459 e. The molecule has 0 spiro atoms. The number of hydrogen-bond donors (Lipinski definition) is 1. The van der Waals surface area contributed by atoms with E-state index in [9.17, 15) is 4.79 Å². The second kappa shape index (κ2) is 2.34. The van der Waals surface area contributed by atoms with Crippen molar-refractivity contribution >= 4 is 5.97 Å². The summed E-state index contributed by atoms with van der Waals surface area (Å²) in [5, 5.41) is 8.82. The van der Waals surface area contributed by atoms with Gasteiger partial charge in [-0.1, -0.05) is 12.2 Å². The molecule has 0 aromatic rings. The lowest BCUT2D eigenvalue weighted by Crippen LogP contribution is -2.19. The zero-order valence-corrected chi connectivity index (χ0v) is 6.06. The molecule has 1 aliphatic heterocycles. The molecule has 2 rings (SSSR count). The van der Waals surface area contributed by atoms with Crippen molar-refractivity contribution in [1.82, 2.24) is 0 Å². The molecule has 3 atom stereocenters. The van der Waals surface area contributed by atoms with Crippen LogP contribution in [0.25, 0.3) is 0 Å². The number of hydrogen-bond acceptors (Lipinski definition) is 3. The van der Waals surface area contributed by atoms with Crippen LogP contribution < -0.4 is 0 Å². The van der Waals surface area contributed by atoms with Crippen LogP contribution in [0.15, 0.2) is 12.2 Å². The van der Waals surface area contributed by atoms with Gasteiger partial charge in [-0.25, -0.2) is 0 Å². The lowest BCUT2D eigenvalue weighted by molar-refractivity contribution is -0.145. The number of esters is 1. The molecule has 0 radical (unpaired) electrons. The normalized spacial score (nSPS) is 40.8. The first-order valence-corrected chi connectivity index (χ1v) is 3.81. The second-order valence-electron chi connectivity index (χ2n) is 3.01. The van der Waals surface area contributed by atoms with Crippen molar-refractivity contribution in [2.45, 2.75) is 12.5 Å². The monoisotopic (exact) mass is 154 g/mol. The quantitative estimate of drug-likeness (QED) is 0.430. The fourth-order valence-corrected chi connectivity index (χ4v) is 1.78. The summed E-state index contributed by atoms with van der Waals surface area (Å²) < 4.78 is 4.94. The van der Waals surface area contributed by atoms with Gasteiger partial charge in [-0.2, -0.15) is 0 Å². The van der Waals surface area contributed by atoms with Gasteiger partial charge in [0.15, 0.2) is 0 Å². The summed E-state index contributed by atoms with van der Waals surface area (Å²) in [6.07, 6.45) is 4.45. The Balaban J connectivity index is 2.18. The van der Waals surface area contributed by atoms with Gasteiger partial charge in [0.25, 0.3) is 0 Å². The van der Waals surface area contributed by atoms with Crippen LogP contribution >= 0.6 is 0 Å². The average molecular weight is 154 g/mol. The number of carbonyl (C=O) groups excluding carboxylic acids is 1. The molecule has 0 unspecified atom stereocenters. The highest BCUT2D eigenvalue weighted by atomic mass is 16.6. The van der Waals surface area contributed by atoms with Gasteiger partial charge in [-0.3, -0.25) is 4.79 Å². The highest BCUT2D eigenvalue weighted by molar-refractivity contribution is 5.76. The molecule has 1 heterocycles. The maximum Gasteiger partial charge on any atom is 0.310 e. The SMILES string of the molecule is O=C1O[C@@H](CO)[C@H]2C=CC[C@@H]12. The van der Waals surface area contributed by atoms with Crippen molar-refractivity contribution in [1.29, 1.82) is 0 Å². The van der Waals surface area contributed by atoms with Crippen LogP contribution in [-0.4, -0.2) is 23.8 Å². The third-order valence-corrected chi connectivity index (χ3v) is 2.39. The van der Waals surface area contributed by atoms with Gasteiger partial charge < -0.3 is 9.84 Å². The van der Waals surface area contributed by atoms with E-state index in [-0.39, 0.29) is 30.5 Å². The zero-order valence-electron chi connectivity index (χ0n) is 6.06. The first-order valence-electron chi connectivity index (χ1n) is 3.81. The summed E-state index contributed by atoms with van der Waals surface area (Å²) in [4.78, 5) is 11.1. The summed E-state index contributed by atoms with van der Waals surface area (Å²) in [5.74, 6) is -0.0290. The Hall–Kier alpha value is -0.830. The fourth-order valence-electron chi connectivity index (χ4n) is 1.78. The molecule has 60 valence electrons.